The van der Waals surface area contributed by atoms with E-state index in [1.165, 1.54) is 0 Å². The molecule has 2 heteroatoms. The van der Waals surface area contributed by atoms with Crippen molar-refractivity contribution in [3.05, 3.63) is 0 Å². The molecule has 1 saturated carbocycles. The molecule has 62 valence electrons. The van der Waals surface area contributed by atoms with E-state index in [0.29, 0.717) is 18.2 Å². The Morgan fingerprint density at radius 2 is 2.09 bits per heavy atom. The van der Waals surface area contributed by atoms with E-state index in [1.807, 2.05) is 13.8 Å². The van der Waals surface area contributed by atoms with Crippen LogP contribution >= 0.6 is 0 Å². The fourth-order valence-electron chi connectivity index (χ4n) is 1.37. The Morgan fingerprint density at radius 1 is 1.36 bits per heavy atom. The molecule has 0 amide bonds. The first-order valence-corrected chi connectivity index (χ1v) is 4.25. The molecule has 0 spiro atoms. The summed E-state index contributed by atoms with van der Waals surface area (Å²) in [5, 5.41) is 0. The second kappa shape index (κ2) is 3.65. The summed E-state index contributed by atoms with van der Waals surface area (Å²) >= 11 is 0. The third kappa shape index (κ3) is 2.83. The zero-order valence-electron chi connectivity index (χ0n) is 7.26. The maximum absolute atomic E-state index is 11.0. The van der Waals surface area contributed by atoms with Crippen LogP contribution in [0.2, 0.25) is 0 Å². The van der Waals surface area contributed by atoms with Gasteiger partial charge >= 0.3 is 0 Å². The molecule has 1 aliphatic carbocycles. The van der Waals surface area contributed by atoms with Crippen molar-refractivity contribution in [2.45, 2.75) is 45.6 Å². The van der Waals surface area contributed by atoms with E-state index < -0.39 is 0 Å². The molecule has 0 aromatic carbocycles. The fraction of sp³-hybridized carbons (Fsp3) is 0.778. The summed E-state index contributed by atoms with van der Waals surface area (Å²) in [5.41, 5.74) is 1.11. The number of nitrogens with zero attached hydrogens (tertiary/aromatic N) is 1. The molecule has 0 saturated heterocycles. The lowest BCUT2D eigenvalue weighted by Gasteiger charge is -2.12. The summed E-state index contributed by atoms with van der Waals surface area (Å²) in [6.07, 6.45) is 3.41. The van der Waals surface area contributed by atoms with Crippen molar-refractivity contribution >= 4 is 11.5 Å². The van der Waals surface area contributed by atoms with Crippen LogP contribution in [0.25, 0.3) is 0 Å². The van der Waals surface area contributed by atoms with Crippen LogP contribution in [0.15, 0.2) is 4.99 Å². The average Bonchev–Trinajstić information content (AvgIpc) is 1.85. The van der Waals surface area contributed by atoms with Gasteiger partial charge in [0.25, 0.3) is 0 Å². The first-order valence-electron chi connectivity index (χ1n) is 4.25. The number of hydrogen-bond donors (Lipinski definition) is 0. The topological polar surface area (TPSA) is 29.4 Å². The molecule has 2 nitrogen and oxygen atoms in total. The molecule has 0 aromatic heterocycles. The molecular formula is C9H15NO. The number of Topliss-reactive ketones (excluding diaryl/α,β-unsaturated/α-hetero) is 1. The minimum atomic E-state index is 0.343. The number of hydrogen-bond acceptors (Lipinski definition) is 2. The van der Waals surface area contributed by atoms with Crippen LogP contribution < -0.4 is 0 Å². The molecular weight excluding hydrogens is 138 g/mol. The van der Waals surface area contributed by atoms with E-state index in [2.05, 4.69) is 4.99 Å². The lowest BCUT2D eigenvalue weighted by molar-refractivity contribution is -0.118. The van der Waals surface area contributed by atoms with Gasteiger partial charge in [0.15, 0.2) is 0 Å². The van der Waals surface area contributed by atoms with Gasteiger partial charge in [0.1, 0.15) is 5.78 Å². The smallest absolute Gasteiger partial charge is 0.138 e. The molecule has 11 heavy (non-hydrogen) atoms. The van der Waals surface area contributed by atoms with Crippen LogP contribution in [-0.2, 0) is 4.79 Å². The highest BCUT2D eigenvalue weighted by molar-refractivity contribution is 6.04. The van der Waals surface area contributed by atoms with E-state index in [4.69, 9.17) is 0 Å². The average molecular weight is 153 g/mol. The Labute approximate surface area is 67.7 Å². The third-order valence-electron chi connectivity index (χ3n) is 1.76. The van der Waals surface area contributed by atoms with Crippen molar-refractivity contribution in [1.82, 2.24) is 0 Å². The van der Waals surface area contributed by atoms with Crippen LogP contribution in [-0.4, -0.2) is 17.5 Å². The Hall–Kier alpha value is -0.660. The minimum absolute atomic E-state index is 0.343. The molecule has 0 radical (unpaired) electrons. The monoisotopic (exact) mass is 153 g/mol. The van der Waals surface area contributed by atoms with Gasteiger partial charge in [0, 0.05) is 24.6 Å². The maximum Gasteiger partial charge on any atom is 0.138 e. The lowest BCUT2D eigenvalue weighted by atomic mass is 9.97. The van der Waals surface area contributed by atoms with Crippen molar-refractivity contribution in [3.8, 4) is 0 Å². The Balaban J connectivity index is 2.52. The van der Waals surface area contributed by atoms with Crippen LogP contribution in [0.3, 0.4) is 0 Å². The Morgan fingerprint density at radius 3 is 2.64 bits per heavy atom. The van der Waals surface area contributed by atoms with E-state index >= 15 is 0 Å². The van der Waals surface area contributed by atoms with Gasteiger partial charge in [-0.15, -0.1) is 0 Å². The number of carbonyl (C=O) groups is 1. The molecule has 0 aliphatic heterocycles. The Bertz CT molecular complexity index is 182. The SMILES string of the molecule is CC(C)N=C1CCCC(=O)C1. The molecule has 0 atom stereocenters. The van der Waals surface area contributed by atoms with Gasteiger partial charge in [-0.25, -0.2) is 0 Å². The second-order valence-electron chi connectivity index (χ2n) is 3.36. The number of rotatable bonds is 1. The highest BCUT2D eigenvalue weighted by Crippen LogP contribution is 2.12. The van der Waals surface area contributed by atoms with Gasteiger partial charge in [-0.3, -0.25) is 9.79 Å². The highest BCUT2D eigenvalue weighted by atomic mass is 16.1. The van der Waals surface area contributed by atoms with E-state index in [9.17, 15) is 4.79 Å². The van der Waals surface area contributed by atoms with Gasteiger partial charge in [-0.2, -0.15) is 0 Å². The summed E-state index contributed by atoms with van der Waals surface area (Å²) in [6.45, 7) is 4.10. The number of ketones is 1. The van der Waals surface area contributed by atoms with Gasteiger partial charge < -0.3 is 0 Å². The second-order valence-corrected chi connectivity index (χ2v) is 3.36. The van der Waals surface area contributed by atoms with Gasteiger partial charge in [-0.05, 0) is 26.7 Å². The van der Waals surface area contributed by atoms with Crippen molar-refractivity contribution in [2.24, 2.45) is 4.99 Å². The van der Waals surface area contributed by atoms with Crippen LogP contribution in [0.1, 0.15) is 39.5 Å². The summed E-state index contributed by atoms with van der Waals surface area (Å²) in [6, 6.07) is 0.343. The number of carbonyl (C=O) groups excluding carboxylic acids is 1. The van der Waals surface area contributed by atoms with Gasteiger partial charge in [0.05, 0.1) is 0 Å². The van der Waals surface area contributed by atoms with E-state index in [-0.39, 0.29) is 0 Å². The number of aliphatic imine (C=N–C) groups is 1. The standard InChI is InChI=1S/C9H15NO/c1-7(2)10-8-4-3-5-9(11)6-8/h7H,3-6H2,1-2H3. The summed E-state index contributed by atoms with van der Waals surface area (Å²) in [5.74, 6) is 0.357. The molecule has 1 rings (SSSR count). The first-order chi connectivity index (χ1) is 5.18. The van der Waals surface area contributed by atoms with Gasteiger partial charge in [-0.1, -0.05) is 0 Å². The molecule has 0 aromatic rings. The lowest BCUT2D eigenvalue weighted by Crippen LogP contribution is -2.15. The fourth-order valence-corrected chi connectivity index (χ4v) is 1.37. The van der Waals surface area contributed by atoms with Crippen LogP contribution in [0, 0.1) is 0 Å². The zero-order chi connectivity index (χ0) is 8.27. The van der Waals surface area contributed by atoms with Crippen molar-refractivity contribution in [2.75, 3.05) is 0 Å². The van der Waals surface area contributed by atoms with Crippen molar-refractivity contribution in [3.63, 3.8) is 0 Å². The summed E-state index contributed by atoms with van der Waals surface area (Å²) in [4.78, 5) is 15.4. The van der Waals surface area contributed by atoms with E-state index in [1.54, 1.807) is 0 Å². The normalized spacial score (nSPS) is 23.2. The van der Waals surface area contributed by atoms with Crippen molar-refractivity contribution in [1.29, 1.82) is 0 Å². The first kappa shape index (κ1) is 8.44. The van der Waals surface area contributed by atoms with Crippen LogP contribution in [0.5, 0.6) is 0 Å². The highest BCUT2D eigenvalue weighted by Gasteiger charge is 2.13. The third-order valence-corrected chi connectivity index (χ3v) is 1.76. The summed E-state index contributed by atoms with van der Waals surface area (Å²) in [7, 11) is 0. The quantitative estimate of drug-likeness (QED) is 0.566. The molecule has 0 bridgehead atoms. The molecule has 0 unspecified atom stereocenters. The van der Waals surface area contributed by atoms with Crippen LogP contribution in [0.4, 0.5) is 0 Å². The molecule has 1 fully saturated rings. The maximum atomic E-state index is 11.0. The zero-order valence-corrected chi connectivity index (χ0v) is 7.26. The molecule has 1 aliphatic rings. The molecule has 0 N–H and O–H groups in total. The largest absolute Gasteiger partial charge is 0.299 e. The summed E-state index contributed by atoms with van der Waals surface area (Å²) < 4.78 is 0. The van der Waals surface area contributed by atoms with Crippen molar-refractivity contribution < 1.29 is 4.79 Å². The predicted molar refractivity (Wildman–Crippen MR) is 46.0 cm³/mol. The predicted octanol–water partition coefficient (Wildman–Crippen LogP) is 1.98. The van der Waals surface area contributed by atoms with Gasteiger partial charge in [0.2, 0.25) is 0 Å². The Kier molecular flexibility index (Phi) is 2.80. The minimum Gasteiger partial charge on any atom is -0.299 e. The van der Waals surface area contributed by atoms with E-state index in [0.717, 1.165) is 25.0 Å². The molecule has 0 heterocycles.